The molecule has 2 heterocycles. The van der Waals surface area contributed by atoms with Crippen LogP contribution >= 0.6 is 34.8 Å². The zero-order valence-corrected chi connectivity index (χ0v) is 16.8. The van der Waals surface area contributed by atoms with Gasteiger partial charge in [-0.3, -0.25) is 0 Å². The van der Waals surface area contributed by atoms with E-state index < -0.39 is 17.5 Å². The third kappa shape index (κ3) is 4.10. The Morgan fingerprint density at radius 1 is 1.19 bits per heavy atom. The number of aromatic nitrogens is 3. The predicted octanol–water partition coefficient (Wildman–Crippen LogP) is 5.90. The summed E-state index contributed by atoms with van der Waals surface area (Å²) >= 11 is 18.1. The van der Waals surface area contributed by atoms with Crippen LogP contribution < -0.4 is 4.90 Å². The van der Waals surface area contributed by atoms with Gasteiger partial charge in [0.15, 0.2) is 5.65 Å². The van der Waals surface area contributed by atoms with Gasteiger partial charge in [0.1, 0.15) is 27.4 Å². The minimum atomic E-state index is -0.781. The lowest BCUT2D eigenvalue weighted by Gasteiger charge is -2.27. The largest absolute Gasteiger partial charge is 0.443 e. The van der Waals surface area contributed by atoms with Gasteiger partial charge in [0, 0.05) is 6.07 Å². The maximum atomic E-state index is 13.6. The van der Waals surface area contributed by atoms with E-state index in [0.717, 1.165) is 6.07 Å². The lowest BCUT2D eigenvalue weighted by Crippen LogP contribution is -2.35. The number of amides is 1. The third-order valence-corrected chi connectivity index (χ3v) is 4.10. The van der Waals surface area contributed by atoms with Gasteiger partial charge < -0.3 is 4.74 Å². The van der Waals surface area contributed by atoms with Crippen LogP contribution in [0.5, 0.6) is 0 Å². The minimum Gasteiger partial charge on any atom is -0.443 e. The summed E-state index contributed by atoms with van der Waals surface area (Å²) in [6.07, 6.45) is 0.634. The third-order valence-electron chi connectivity index (χ3n) is 3.35. The Morgan fingerprint density at radius 2 is 1.89 bits per heavy atom. The van der Waals surface area contributed by atoms with Crippen LogP contribution in [0.2, 0.25) is 15.2 Å². The number of hydrogen-bond donors (Lipinski definition) is 0. The van der Waals surface area contributed by atoms with Crippen molar-refractivity contribution in [2.24, 2.45) is 0 Å². The number of carbonyl (C=O) groups is 1. The molecule has 0 aliphatic carbocycles. The molecule has 0 unspecified atom stereocenters. The zero-order valence-electron chi connectivity index (χ0n) is 14.5. The summed E-state index contributed by atoms with van der Waals surface area (Å²) in [7, 11) is 0. The summed E-state index contributed by atoms with van der Waals surface area (Å²) < 4.78 is 20.4. The van der Waals surface area contributed by atoms with Crippen molar-refractivity contribution in [1.82, 2.24) is 14.6 Å². The predicted molar refractivity (Wildman–Crippen MR) is 103 cm³/mol. The van der Waals surface area contributed by atoms with Crippen molar-refractivity contribution >= 4 is 58.0 Å². The van der Waals surface area contributed by atoms with Crippen LogP contribution in [0, 0.1) is 5.82 Å². The molecule has 0 radical (unpaired) electrons. The number of fused-ring (bicyclic) bond motifs is 1. The molecule has 0 atom stereocenters. The molecule has 3 aromatic rings. The molecule has 0 fully saturated rings. The van der Waals surface area contributed by atoms with Crippen LogP contribution in [0.25, 0.3) is 5.65 Å². The fraction of sp³-hybridized carbons (Fsp3) is 0.235. The Hall–Kier alpha value is -2.09. The first kappa shape index (κ1) is 19.7. The van der Waals surface area contributed by atoms with E-state index in [1.54, 1.807) is 20.8 Å². The van der Waals surface area contributed by atoms with Crippen molar-refractivity contribution in [1.29, 1.82) is 0 Å². The van der Waals surface area contributed by atoms with E-state index in [-0.39, 0.29) is 32.4 Å². The second kappa shape index (κ2) is 7.14. The zero-order chi connectivity index (χ0) is 19.9. The van der Waals surface area contributed by atoms with E-state index >= 15 is 0 Å². The molecule has 1 amide bonds. The normalized spacial score (nSPS) is 11.7. The lowest BCUT2D eigenvalue weighted by molar-refractivity contribution is 0.0597. The van der Waals surface area contributed by atoms with E-state index in [1.807, 2.05) is 0 Å². The highest BCUT2D eigenvalue weighted by molar-refractivity contribution is 6.34. The molecule has 0 aliphatic rings. The molecule has 142 valence electrons. The van der Waals surface area contributed by atoms with Crippen molar-refractivity contribution in [2.45, 2.75) is 26.4 Å². The Labute approximate surface area is 169 Å². The molecule has 0 bridgehead atoms. The van der Waals surface area contributed by atoms with Gasteiger partial charge in [0.25, 0.3) is 0 Å². The van der Waals surface area contributed by atoms with Gasteiger partial charge in [0.05, 0.1) is 16.9 Å². The first-order valence-corrected chi connectivity index (χ1v) is 8.88. The van der Waals surface area contributed by atoms with Crippen LogP contribution in [-0.4, -0.2) is 26.3 Å². The lowest BCUT2D eigenvalue weighted by atomic mass is 10.2. The van der Waals surface area contributed by atoms with Crippen molar-refractivity contribution in [3.05, 3.63) is 51.5 Å². The summed E-state index contributed by atoms with van der Waals surface area (Å²) in [6.45, 7) is 5.17. The summed E-state index contributed by atoms with van der Waals surface area (Å²) in [5.41, 5.74) is -0.275. The first-order chi connectivity index (χ1) is 12.6. The van der Waals surface area contributed by atoms with Gasteiger partial charge in [-0.25, -0.2) is 19.1 Å². The molecule has 27 heavy (non-hydrogen) atoms. The summed E-state index contributed by atoms with van der Waals surface area (Å²) in [5.74, 6) is -0.418. The molecule has 0 N–H and O–H groups in total. The monoisotopic (exact) mass is 430 g/mol. The quantitative estimate of drug-likeness (QED) is 0.474. The van der Waals surface area contributed by atoms with Crippen LogP contribution in [0.15, 0.2) is 30.5 Å². The van der Waals surface area contributed by atoms with Crippen LogP contribution in [-0.2, 0) is 4.74 Å². The van der Waals surface area contributed by atoms with Crippen LogP contribution in [0.4, 0.5) is 20.7 Å². The molecule has 0 saturated carbocycles. The summed E-state index contributed by atoms with van der Waals surface area (Å²) in [4.78, 5) is 18.2. The Morgan fingerprint density at radius 3 is 2.52 bits per heavy atom. The highest BCUT2D eigenvalue weighted by Crippen LogP contribution is 2.33. The molecule has 0 spiro atoms. The second-order valence-electron chi connectivity index (χ2n) is 6.58. The van der Waals surface area contributed by atoms with Gasteiger partial charge in [-0.15, -0.1) is 0 Å². The number of carbonyl (C=O) groups excluding carboxylic acids is 1. The van der Waals surface area contributed by atoms with Gasteiger partial charge >= 0.3 is 6.09 Å². The number of anilines is 2. The molecule has 3 rings (SSSR count). The number of nitrogens with zero attached hydrogens (tertiary/aromatic N) is 4. The fourth-order valence-corrected chi connectivity index (χ4v) is 2.83. The van der Waals surface area contributed by atoms with Crippen LogP contribution in [0.1, 0.15) is 20.8 Å². The molecule has 0 saturated heterocycles. The molecular formula is C17H14Cl3FN4O2. The van der Waals surface area contributed by atoms with E-state index in [2.05, 4.69) is 10.1 Å². The second-order valence-corrected chi connectivity index (χ2v) is 7.78. The summed E-state index contributed by atoms with van der Waals surface area (Å²) in [5, 5.41) is 4.31. The average molecular weight is 432 g/mol. The Balaban J connectivity index is 2.24. The molecule has 6 nitrogen and oxygen atoms in total. The van der Waals surface area contributed by atoms with Crippen molar-refractivity contribution in [3.8, 4) is 0 Å². The van der Waals surface area contributed by atoms with Gasteiger partial charge in [-0.2, -0.15) is 9.61 Å². The van der Waals surface area contributed by atoms with E-state index in [9.17, 15) is 9.18 Å². The van der Waals surface area contributed by atoms with Crippen molar-refractivity contribution in [2.75, 3.05) is 4.90 Å². The maximum Gasteiger partial charge on any atom is 0.420 e. The molecule has 1 aromatic carbocycles. The van der Waals surface area contributed by atoms with E-state index in [4.69, 9.17) is 39.5 Å². The number of ether oxygens (including phenoxy) is 1. The number of halogens is 4. The van der Waals surface area contributed by atoms with Crippen LogP contribution in [0.3, 0.4) is 0 Å². The molecule has 10 heteroatoms. The Bertz CT molecular complexity index is 1030. The Kier molecular flexibility index (Phi) is 5.20. The molecule has 0 aliphatic heterocycles. The fourth-order valence-electron chi connectivity index (χ4n) is 2.31. The summed E-state index contributed by atoms with van der Waals surface area (Å²) in [6, 6.07) is 5.24. The number of rotatable bonds is 2. The standard InChI is InChI=1S/C17H14Cl3FN4O2/c1-17(2,3)27-16(26)24(9-4-5-12(21)10(18)6-9)14-7-13(20)23-15-11(19)8-22-25(14)15/h4-8H,1-3H3. The van der Waals surface area contributed by atoms with Crippen molar-refractivity contribution in [3.63, 3.8) is 0 Å². The maximum absolute atomic E-state index is 13.6. The van der Waals surface area contributed by atoms with E-state index in [1.165, 1.54) is 33.8 Å². The van der Waals surface area contributed by atoms with Gasteiger partial charge in [-0.05, 0) is 39.0 Å². The minimum absolute atomic E-state index is 0.0849. The molecule has 2 aromatic heterocycles. The van der Waals surface area contributed by atoms with Crippen molar-refractivity contribution < 1.29 is 13.9 Å². The average Bonchev–Trinajstić information content (AvgIpc) is 2.90. The number of benzene rings is 1. The van der Waals surface area contributed by atoms with E-state index in [0.29, 0.717) is 0 Å². The highest BCUT2D eigenvalue weighted by atomic mass is 35.5. The van der Waals surface area contributed by atoms with Gasteiger partial charge in [0.2, 0.25) is 0 Å². The highest BCUT2D eigenvalue weighted by Gasteiger charge is 2.28. The molecular weight excluding hydrogens is 418 g/mol. The topological polar surface area (TPSA) is 59.7 Å². The van der Waals surface area contributed by atoms with Gasteiger partial charge in [-0.1, -0.05) is 34.8 Å². The number of hydrogen-bond acceptors (Lipinski definition) is 4. The first-order valence-electron chi connectivity index (χ1n) is 7.75. The smallest absolute Gasteiger partial charge is 0.420 e. The SMILES string of the molecule is CC(C)(C)OC(=O)N(c1ccc(F)c(Cl)c1)c1cc(Cl)nc2c(Cl)cnn12.